The Morgan fingerprint density at radius 3 is 2.68 bits per heavy atom. The number of aromatic nitrogens is 2. The van der Waals surface area contributed by atoms with Crippen LogP contribution in [0.3, 0.4) is 0 Å². The van der Waals surface area contributed by atoms with Crippen LogP contribution in [0.5, 0.6) is 5.75 Å². The number of hydrogen-bond acceptors (Lipinski definition) is 5. The highest BCUT2D eigenvalue weighted by molar-refractivity contribution is 5.58. The van der Waals surface area contributed by atoms with Crippen molar-refractivity contribution in [1.82, 2.24) is 9.97 Å². The molecule has 0 aliphatic carbocycles. The van der Waals surface area contributed by atoms with Crippen molar-refractivity contribution in [2.45, 2.75) is 6.36 Å². The number of nitrogens with zero attached hydrogens (tertiary/aromatic N) is 2. The second-order valence-corrected chi connectivity index (χ2v) is 3.53. The Kier molecular flexibility index (Phi) is 3.41. The van der Waals surface area contributed by atoms with E-state index in [0.29, 0.717) is 11.5 Å². The zero-order valence-corrected chi connectivity index (χ0v) is 9.48. The van der Waals surface area contributed by atoms with Crippen molar-refractivity contribution in [3.05, 3.63) is 36.7 Å². The lowest BCUT2D eigenvalue weighted by atomic mass is 10.3. The first-order valence-corrected chi connectivity index (χ1v) is 5.13. The van der Waals surface area contributed by atoms with Crippen molar-refractivity contribution in [1.29, 1.82) is 0 Å². The summed E-state index contributed by atoms with van der Waals surface area (Å²) in [6, 6.07) is 5.37. The van der Waals surface area contributed by atoms with E-state index in [2.05, 4.69) is 20.0 Å². The van der Waals surface area contributed by atoms with Crippen molar-refractivity contribution >= 4 is 17.3 Å². The minimum Gasteiger partial charge on any atom is -0.406 e. The number of benzene rings is 1. The zero-order valence-electron chi connectivity index (χ0n) is 9.48. The van der Waals surface area contributed by atoms with Gasteiger partial charge in [-0.05, 0) is 12.1 Å². The van der Waals surface area contributed by atoms with Gasteiger partial charge in [0.2, 0.25) is 0 Å². The zero-order chi connectivity index (χ0) is 13.9. The number of hydrogen-bond donors (Lipinski definition) is 2. The molecule has 5 nitrogen and oxygen atoms in total. The lowest BCUT2D eigenvalue weighted by Crippen LogP contribution is -2.17. The molecule has 8 heteroatoms. The van der Waals surface area contributed by atoms with Crippen molar-refractivity contribution in [3.8, 4) is 5.75 Å². The Morgan fingerprint density at radius 1 is 1.21 bits per heavy atom. The molecule has 0 aliphatic heterocycles. The summed E-state index contributed by atoms with van der Waals surface area (Å²) < 4.78 is 40.0. The summed E-state index contributed by atoms with van der Waals surface area (Å²) in [5, 5.41) is 2.77. The van der Waals surface area contributed by atoms with E-state index >= 15 is 0 Å². The van der Waals surface area contributed by atoms with E-state index in [-0.39, 0.29) is 11.6 Å². The van der Waals surface area contributed by atoms with E-state index in [1.54, 1.807) is 6.07 Å². The average molecular weight is 270 g/mol. The molecule has 0 fully saturated rings. The maximum absolute atomic E-state index is 12.1. The smallest absolute Gasteiger partial charge is 0.406 e. The molecule has 0 spiro atoms. The fraction of sp³-hybridized carbons (Fsp3) is 0.0909. The number of nitrogens with one attached hydrogen (secondary N) is 1. The molecule has 0 bridgehead atoms. The largest absolute Gasteiger partial charge is 0.573 e. The summed E-state index contributed by atoms with van der Waals surface area (Å²) in [6.45, 7) is 0. The van der Waals surface area contributed by atoms with E-state index in [9.17, 15) is 13.2 Å². The van der Waals surface area contributed by atoms with Gasteiger partial charge in [0.15, 0.2) is 5.82 Å². The van der Waals surface area contributed by atoms with Gasteiger partial charge >= 0.3 is 6.36 Å². The van der Waals surface area contributed by atoms with Crippen LogP contribution < -0.4 is 15.8 Å². The SMILES string of the molecule is Nc1cncc(Nc2cccc(OC(F)(F)F)c2)n1. The number of rotatable bonds is 3. The Morgan fingerprint density at radius 2 is 2.00 bits per heavy atom. The van der Waals surface area contributed by atoms with Crippen molar-refractivity contribution < 1.29 is 17.9 Å². The molecule has 0 saturated heterocycles. The summed E-state index contributed by atoms with van der Waals surface area (Å²) in [6.07, 6.45) is -1.97. The van der Waals surface area contributed by atoms with Crippen LogP contribution in [0.15, 0.2) is 36.7 Å². The third-order valence-corrected chi connectivity index (χ3v) is 1.99. The first kappa shape index (κ1) is 12.9. The molecule has 0 unspecified atom stereocenters. The van der Waals surface area contributed by atoms with Crippen LogP contribution >= 0.6 is 0 Å². The molecule has 0 radical (unpaired) electrons. The molecule has 2 aromatic rings. The number of halogens is 3. The normalized spacial score (nSPS) is 11.1. The van der Waals surface area contributed by atoms with Crippen molar-refractivity contribution in [2.24, 2.45) is 0 Å². The van der Waals surface area contributed by atoms with Gasteiger partial charge in [0.1, 0.15) is 11.6 Å². The van der Waals surface area contributed by atoms with Crippen LogP contribution in [-0.4, -0.2) is 16.3 Å². The van der Waals surface area contributed by atoms with E-state index < -0.39 is 6.36 Å². The maximum atomic E-state index is 12.1. The number of nitrogen functional groups attached to an aromatic ring is 1. The summed E-state index contributed by atoms with van der Waals surface area (Å²) in [5.74, 6) is 0.200. The van der Waals surface area contributed by atoms with Crippen LogP contribution in [-0.2, 0) is 0 Å². The molecular weight excluding hydrogens is 261 g/mol. The minimum absolute atomic E-state index is 0.202. The maximum Gasteiger partial charge on any atom is 0.573 e. The lowest BCUT2D eigenvalue weighted by Gasteiger charge is -2.10. The van der Waals surface area contributed by atoms with Gasteiger partial charge < -0.3 is 15.8 Å². The number of anilines is 3. The van der Waals surface area contributed by atoms with Crippen molar-refractivity contribution in [3.63, 3.8) is 0 Å². The third kappa shape index (κ3) is 4.02. The van der Waals surface area contributed by atoms with Crippen LogP contribution in [0.25, 0.3) is 0 Å². The average Bonchev–Trinajstić information content (AvgIpc) is 2.27. The first-order valence-electron chi connectivity index (χ1n) is 5.13. The van der Waals surface area contributed by atoms with E-state index in [0.717, 1.165) is 0 Å². The second-order valence-electron chi connectivity index (χ2n) is 3.53. The van der Waals surface area contributed by atoms with Crippen molar-refractivity contribution in [2.75, 3.05) is 11.1 Å². The molecule has 19 heavy (non-hydrogen) atoms. The highest BCUT2D eigenvalue weighted by atomic mass is 19.4. The van der Waals surface area contributed by atoms with E-state index in [4.69, 9.17) is 5.73 Å². The quantitative estimate of drug-likeness (QED) is 0.897. The van der Waals surface area contributed by atoms with Gasteiger partial charge in [0.25, 0.3) is 0 Å². The minimum atomic E-state index is -4.73. The standard InChI is InChI=1S/C11H9F3N4O/c12-11(13,14)19-8-3-1-2-7(4-8)17-10-6-16-5-9(15)18-10/h1-6H,(H3,15,17,18). The Labute approximate surface area is 106 Å². The predicted octanol–water partition coefficient (Wildman–Crippen LogP) is 2.70. The highest BCUT2D eigenvalue weighted by Gasteiger charge is 2.31. The van der Waals surface area contributed by atoms with E-state index in [1.165, 1.54) is 30.6 Å². The molecule has 3 N–H and O–H groups in total. The van der Waals surface area contributed by atoms with Crippen LogP contribution in [0.1, 0.15) is 0 Å². The van der Waals surface area contributed by atoms with Gasteiger partial charge in [-0.25, -0.2) is 4.98 Å². The van der Waals surface area contributed by atoms with Crippen LogP contribution in [0.2, 0.25) is 0 Å². The molecule has 1 aromatic carbocycles. The molecule has 0 amide bonds. The Bertz CT molecular complexity index is 574. The van der Waals surface area contributed by atoms with Crippen LogP contribution in [0, 0.1) is 0 Å². The summed E-state index contributed by atoms with van der Waals surface area (Å²) in [5.41, 5.74) is 5.81. The molecular formula is C11H9F3N4O. The van der Waals surface area contributed by atoms with Gasteiger partial charge in [0.05, 0.1) is 12.4 Å². The topological polar surface area (TPSA) is 73.1 Å². The lowest BCUT2D eigenvalue weighted by molar-refractivity contribution is -0.274. The molecule has 100 valence electrons. The van der Waals surface area contributed by atoms with Gasteiger partial charge in [-0.2, -0.15) is 0 Å². The first-order chi connectivity index (χ1) is 8.92. The highest BCUT2D eigenvalue weighted by Crippen LogP contribution is 2.26. The third-order valence-electron chi connectivity index (χ3n) is 1.99. The molecule has 0 aliphatic rings. The number of alkyl halides is 3. The molecule has 0 atom stereocenters. The van der Waals surface area contributed by atoms with Gasteiger partial charge in [-0.3, -0.25) is 4.98 Å². The van der Waals surface area contributed by atoms with E-state index in [1.807, 2.05) is 0 Å². The number of nitrogens with two attached hydrogens (primary N) is 1. The monoisotopic (exact) mass is 270 g/mol. The fourth-order valence-electron chi connectivity index (χ4n) is 1.36. The Balaban J connectivity index is 2.15. The molecule has 0 saturated carbocycles. The predicted molar refractivity (Wildman–Crippen MR) is 62.9 cm³/mol. The molecule has 1 heterocycles. The summed E-state index contributed by atoms with van der Waals surface area (Å²) in [4.78, 5) is 7.71. The summed E-state index contributed by atoms with van der Waals surface area (Å²) >= 11 is 0. The van der Waals surface area contributed by atoms with Gasteiger partial charge in [-0.1, -0.05) is 6.07 Å². The fourth-order valence-corrected chi connectivity index (χ4v) is 1.36. The Hall–Kier alpha value is -2.51. The van der Waals surface area contributed by atoms with Crippen LogP contribution in [0.4, 0.5) is 30.5 Å². The van der Waals surface area contributed by atoms with Gasteiger partial charge in [0, 0.05) is 11.8 Å². The number of ether oxygens (including phenoxy) is 1. The molecule has 1 aromatic heterocycles. The summed E-state index contributed by atoms with van der Waals surface area (Å²) in [7, 11) is 0. The second kappa shape index (κ2) is 5.01. The molecule has 2 rings (SSSR count). The van der Waals surface area contributed by atoms with Gasteiger partial charge in [-0.15, -0.1) is 13.2 Å².